The van der Waals surface area contributed by atoms with Crippen LogP contribution in [0, 0.1) is 0 Å². The Morgan fingerprint density at radius 3 is 1.95 bits per heavy atom. The Kier molecular flexibility index (Phi) is 4.24. The van der Waals surface area contributed by atoms with Crippen molar-refractivity contribution in [1.82, 2.24) is 4.57 Å². The molecule has 9 aromatic rings. The van der Waals surface area contributed by atoms with Crippen LogP contribution in [0.15, 0.2) is 132 Å². The molecule has 6 aromatic carbocycles. The highest BCUT2D eigenvalue weighted by Crippen LogP contribution is 2.43. The van der Waals surface area contributed by atoms with E-state index in [-0.39, 0.29) is 0 Å². The van der Waals surface area contributed by atoms with E-state index in [1.165, 1.54) is 47.5 Å². The summed E-state index contributed by atoms with van der Waals surface area (Å²) >= 11 is 1.85. The van der Waals surface area contributed by atoms with Gasteiger partial charge in [-0.2, -0.15) is 0 Å². The fourth-order valence-corrected chi connectivity index (χ4v) is 7.47. The zero-order valence-corrected chi connectivity index (χ0v) is 21.7. The topological polar surface area (TPSA) is 18.1 Å². The smallest absolute Gasteiger partial charge is 0.143 e. The van der Waals surface area contributed by atoms with Gasteiger partial charge < -0.3 is 8.98 Å². The van der Waals surface area contributed by atoms with Gasteiger partial charge >= 0.3 is 0 Å². The van der Waals surface area contributed by atoms with Crippen molar-refractivity contribution in [3.05, 3.63) is 127 Å². The van der Waals surface area contributed by atoms with Gasteiger partial charge in [0.1, 0.15) is 11.2 Å². The average molecular weight is 516 g/mol. The summed E-state index contributed by atoms with van der Waals surface area (Å²) in [4.78, 5) is 0. The summed E-state index contributed by atoms with van der Waals surface area (Å²) < 4.78 is 11.7. The predicted molar refractivity (Wildman–Crippen MR) is 166 cm³/mol. The lowest BCUT2D eigenvalue weighted by molar-refractivity contribution is 0.670. The van der Waals surface area contributed by atoms with Gasteiger partial charge in [-0.1, -0.05) is 84.9 Å². The molecule has 0 atom stereocenters. The van der Waals surface area contributed by atoms with Crippen LogP contribution in [-0.2, 0) is 0 Å². The van der Waals surface area contributed by atoms with Crippen molar-refractivity contribution in [2.45, 2.75) is 0 Å². The van der Waals surface area contributed by atoms with Crippen LogP contribution >= 0.6 is 11.3 Å². The zero-order chi connectivity index (χ0) is 25.5. The highest BCUT2D eigenvalue weighted by atomic mass is 32.1. The van der Waals surface area contributed by atoms with Crippen molar-refractivity contribution < 1.29 is 4.42 Å². The lowest BCUT2D eigenvalue weighted by atomic mass is 9.97. The molecule has 3 heteroatoms. The number of hydrogen-bond acceptors (Lipinski definition) is 2. The number of thiophene rings is 1. The van der Waals surface area contributed by atoms with E-state index >= 15 is 0 Å². The molecule has 2 nitrogen and oxygen atoms in total. The Labute approximate surface area is 227 Å². The predicted octanol–water partition coefficient (Wildman–Crippen LogP) is 10.7. The highest BCUT2D eigenvalue weighted by Gasteiger charge is 2.18. The second-order valence-corrected chi connectivity index (χ2v) is 11.2. The summed E-state index contributed by atoms with van der Waals surface area (Å²) in [7, 11) is 0. The largest absolute Gasteiger partial charge is 0.455 e. The SMILES string of the molecule is c1ccc2c(c1)sc1cccc(-c3cccc4c3oc3cc(-n5c6ccccc6c6ccccc65)ccc34)c12. The number of para-hydroxylation sites is 3. The van der Waals surface area contributed by atoms with Crippen LogP contribution in [0.1, 0.15) is 0 Å². The summed E-state index contributed by atoms with van der Waals surface area (Å²) in [5.74, 6) is 0. The van der Waals surface area contributed by atoms with E-state index in [1.807, 2.05) is 11.3 Å². The lowest BCUT2D eigenvalue weighted by Gasteiger charge is -2.07. The van der Waals surface area contributed by atoms with Crippen molar-refractivity contribution >= 4 is 75.3 Å². The Hall–Kier alpha value is -4.86. The molecule has 3 aromatic heterocycles. The second-order valence-electron chi connectivity index (χ2n) is 10.1. The van der Waals surface area contributed by atoms with E-state index in [1.54, 1.807) is 0 Å². The van der Waals surface area contributed by atoms with Crippen LogP contribution < -0.4 is 0 Å². The van der Waals surface area contributed by atoms with Gasteiger partial charge in [-0.05, 0) is 42.0 Å². The third-order valence-electron chi connectivity index (χ3n) is 8.01. The number of benzene rings is 6. The molecule has 0 fully saturated rings. The van der Waals surface area contributed by atoms with Crippen LogP contribution in [0.4, 0.5) is 0 Å². The molecule has 3 heterocycles. The molecule has 0 saturated heterocycles. The third kappa shape index (κ3) is 2.91. The summed E-state index contributed by atoms with van der Waals surface area (Å²) in [6.45, 7) is 0. The Balaban J connectivity index is 1.32. The van der Waals surface area contributed by atoms with Gasteiger partial charge in [0.25, 0.3) is 0 Å². The minimum atomic E-state index is 0.902. The van der Waals surface area contributed by atoms with Crippen LogP contribution in [0.5, 0.6) is 0 Å². The third-order valence-corrected chi connectivity index (χ3v) is 9.15. The standard InChI is InChI=1S/C36H21NOS/c1-4-15-30-23(9-1)24-10-2-5-16-31(24)37(30)22-19-20-25-27-13-7-14-28(36(27)38-32(25)21-22)26-12-8-18-34-35(26)29-11-3-6-17-33(29)39-34/h1-21H. The van der Waals surface area contributed by atoms with E-state index in [0.717, 1.165) is 33.2 Å². The summed E-state index contributed by atoms with van der Waals surface area (Å²) in [5, 5.41) is 7.41. The Morgan fingerprint density at radius 1 is 0.487 bits per heavy atom. The molecule has 0 saturated carbocycles. The van der Waals surface area contributed by atoms with Crippen LogP contribution in [0.2, 0.25) is 0 Å². The zero-order valence-electron chi connectivity index (χ0n) is 20.9. The monoisotopic (exact) mass is 515 g/mol. The number of fused-ring (bicyclic) bond motifs is 9. The molecule has 182 valence electrons. The van der Waals surface area contributed by atoms with Gasteiger partial charge in [-0.25, -0.2) is 0 Å². The first-order valence-electron chi connectivity index (χ1n) is 13.2. The molecule has 9 rings (SSSR count). The van der Waals surface area contributed by atoms with Crippen molar-refractivity contribution in [2.24, 2.45) is 0 Å². The van der Waals surface area contributed by atoms with Crippen LogP contribution in [0.3, 0.4) is 0 Å². The molecule has 0 aliphatic heterocycles. The molecular formula is C36H21NOS. The number of aromatic nitrogens is 1. The van der Waals surface area contributed by atoms with Crippen molar-refractivity contribution in [3.8, 4) is 16.8 Å². The van der Waals surface area contributed by atoms with E-state index < -0.39 is 0 Å². The number of nitrogens with zero attached hydrogens (tertiary/aromatic N) is 1. The van der Waals surface area contributed by atoms with Gasteiger partial charge in [-0.15, -0.1) is 11.3 Å². The van der Waals surface area contributed by atoms with Gasteiger partial charge in [0, 0.05) is 59.0 Å². The van der Waals surface area contributed by atoms with E-state index in [0.29, 0.717) is 0 Å². The first-order chi connectivity index (χ1) is 19.3. The molecule has 39 heavy (non-hydrogen) atoms. The maximum absolute atomic E-state index is 6.73. The van der Waals surface area contributed by atoms with Crippen molar-refractivity contribution in [3.63, 3.8) is 0 Å². The number of furan rings is 1. The molecule has 0 bridgehead atoms. The summed E-state index contributed by atoms with van der Waals surface area (Å²) in [5.41, 5.74) is 7.70. The molecule has 0 radical (unpaired) electrons. The minimum Gasteiger partial charge on any atom is -0.455 e. The summed E-state index contributed by atoms with van der Waals surface area (Å²) in [6, 6.07) is 45.7. The van der Waals surface area contributed by atoms with Crippen LogP contribution in [0.25, 0.3) is 80.7 Å². The maximum Gasteiger partial charge on any atom is 0.143 e. The molecule has 0 spiro atoms. The highest BCUT2D eigenvalue weighted by molar-refractivity contribution is 7.25. The first kappa shape index (κ1) is 21.1. The van der Waals surface area contributed by atoms with Gasteiger partial charge in [0.05, 0.1) is 11.0 Å². The van der Waals surface area contributed by atoms with Gasteiger partial charge in [0.15, 0.2) is 0 Å². The molecule has 0 aliphatic carbocycles. The lowest BCUT2D eigenvalue weighted by Crippen LogP contribution is -1.93. The second kappa shape index (κ2) is 7.83. The minimum absolute atomic E-state index is 0.902. The summed E-state index contributed by atoms with van der Waals surface area (Å²) in [6.07, 6.45) is 0. The molecule has 0 unspecified atom stereocenters. The van der Waals surface area contributed by atoms with E-state index in [9.17, 15) is 0 Å². The molecule has 0 aliphatic rings. The first-order valence-corrected chi connectivity index (χ1v) is 14.0. The van der Waals surface area contributed by atoms with Crippen molar-refractivity contribution in [2.75, 3.05) is 0 Å². The van der Waals surface area contributed by atoms with E-state index in [4.69, 9.17) is 4.42 Å². The molecular weight excluding hydrogens is 494 g/mol. The van der Waals surface area contributed by atoms with Gasteiger partial charge in [0.2, 0.25) is 0 Å². The van der Waals surface area contributed by atoms with Crippen molar-refractivity contribution in [1.29, 1.82) is 0 Å². The Morgan fingerprint density at radius 2 is 1.13 bits per heavy atom. The van der Waals surface area contributed by atoms with Gasteiger partial charge in [-0.3, -0.25) is 0 Å². The number of hydrogen-bond donors (Lipinski definition) is 0. The average Bonchev–Trinajstić information content (AvgIpc) is 3.66. The quantitative estimate of drug-likeness (QED) is 0.224. The fraction of sp³-hybridized carbons (Fsp3) is 0. The Bertz CT molecular complexity index is 2350. The molecule has 0 amide bonds. The normalized spacial score (nSPS) is 12.1. The molecule has 0 N–H and O–H groups in total. The maximum atomic E-state index is 6.73. The van der Waals surface area contributed by atoms with Crippen LogP contribution in [-0.4, -0.2) is 4.57 Å². The fourth-order valence-electron chi connectivity index (χ4n) is 6.34. The van der Waals surface area contributed by atoms with E-state index in [2.05, 4.69) is 132 Å². The number of rotatable bonds is 2.